The van der Waals surface area contributed by atoms with Crippen LogP contribution in [0.15, 0.2) is 23.4 Å². The van der Waals surface area contributed by atoms with E-state index in [-0.39, 0.29) is 5.56 Å². The van der Waals surface area contributed by atoms with E-state index in [4.69, 9.17) is 5.21 Å². The lowest BCUT2D eigenvalue weighted by Crippen LogP contribution is -2.22. The minimum atomic E-state index is -0.968. The molecular weight excluding hydrogens is 188 g/mol. The van der Waals surface area contributed by atoms with Crippen molar-refractivity contribution >= 4 is 6.21 Å². The highest BCUT2D eigenvalue weighted by Gasteiger charge is 2.26. The first kappa shape index (κ1) is 10.6. The molecule has 0 bridgehead atoms. The Hall–Kier alpha value is -1.45. The van der Waals surface area contributed by atoms with Crippen molar-refractivity contribution in [2.45, 2.75) is 19.3 Å². The molecule has 0 amide bonds. The summed E-state index contributed by atoms with van der Waals surface area (Å²) in [7, 11) is 0. The first-order chi connectivity index (χ1) is 6.49. The van der Waals surface area contributed by atoms with Crippen LogP contribution in [0.5, 0.6) is 0 Å². The second kappa shape index (κ2) is 3.74. The third kappa shape index (κ3) is 1.89. The lowest BCUT2D eigenvalue weighted by atomic mass is 9.85. The molecule has 0 heterocycles. The predicted molar refractivity (Wildman–Crippen MR) is 49.7 cm³/mol. The van der Waals surface area contributed by atoms with Crippen LogP contribution in [0.3, 0.4) is 0 Å². The van der Waals surface area contributed by atoms with Gasteiger partial charge in [-0.05, 0) is 12.1 Å². The lowest BCUT2D eigenvalue weighted by Gasteiger charge is -2.20. The van der Waals surface area contributed by atoms with Crippen molar-refractivity contribution in [1.29, 1.82) is 0 Å². The van der Waals surface area contributed by atoms with E-state index in [2.05, 4.69) is 5.16 Å². The number of hydrogen-bond donors (Lipinski definition) is 1. The summed E-state index contributed by atoms with van der Waals surface area (Å²) in [6.07, 6.45) is 1.09. The highest BCUT2D eigenvalue weighted by Crippen LogP contribution is 2.26. The van der Waals surface area contributed by atoms with Gasteiger partial charge in [-0.2, -0.15) is 0 Å². The molecule has 0 aliphatic heterocycles. The van der Waals surface area contributed by atoms with Crippen LogP contribution < -0.4 is 0 Å². The molecule has 76 valence electrons. The van der Waals surface area contributed by atoms with E-state index in [1.165, 1.54) is 18.2 Å². The van der Waals surface area contributed by atoms with Crippen molar-refractivity contribution in [3.63, 3.8) is 0 Å². The summed E-state index contributed by atoms with van der Waals surface area (Å²) >= 11 is 0. The Balaban J connectivity index is 3.30. The van der Waals surface area contributed by atoms with Crippen LogP contribution in [0.4, 0.5) is 8.78 Å². The van der Waals surface area contributed by atoms with Crippen molar-refractivity contribution in [2.24, 2.45) is 5.16 Å². The van der Waals surface area contributed by atoms with Gasteiger partial charge in [0.2, 0.25) is 0 Å². The molecule has 14 heavy (non-hydrogen) atoms. The van der Waals surface area contributed by atoms with Crippen LogP contribution in [0.2, 0.25) is 0 Å². The van der Waals surface area contributed by atoms with E-state index >= 15 is 0 Å². The minimum Gasteiger partial charge on any atom is -0.411 e. The Morgan fingerprint density at radius 3 is 2.21 bits per heavy atom. The van der Waals surface area contributed by atoms with Gasteiger partial charge in [0, 0.05) is 11.0 Å². The fourth-order valence-electron chi connectivity index (χ4n) is 1.32. The Morgan fingerprint density at radius 1 is 1.29 bits per heavy atom. The molecule has 4 heteroatoms. The van der Waals surface area contributed by atoms with Crippen molar-refractivity contribution in [3.8, 4) is 0 Å². The molecule has 1 aromatic rings. The predicted octanol–water partition coefficient (Wildman–Crippen LogP) is 2.70. The quantitative estimate of drug-likeness (QED) is 0.443. The van der Waals surface area contributed by atoms with Gasteiger partial charge in [0.15, 0.2) is 0 Å². The third-order valence-electron chi connectivity index (χ3n) is 1.99. The van der Waals surface area contributed by atoms with E-state index in [9.17, 15) is 8.78 Å². The SMILES string of the molecule is CC(C)(C=NO)c1c(F)cccc1F. The molecule has 0 spiro atoms. The van der Waals surface area contributed by atoms with E-state index in [0.29, 0.717) is 0 Å². The highest BCUT2D eigenvalue weighted by molar-refractivity contribution is 5.72. The van der Waals surface area contributed by atoms with Crippen molar-refractivity contribution in [1.82, 2.24) is 0 Å². The van der Waals surface area contributed by atoms with Crippen LogP contribution in [0.1, 0.15) is 19.4 Å². The largest absolute Gasteiger partial charge is 0.411 e. The molecule has 1 rings (SSSR count). The molecule has 2 nitrogen and oxygen atoms in total. The van der Waals surface area contributed by atoms with Gasteiger partial charge in [0.05, 0.1) is 6.21 Å². The van der Waals surface area contributed by atoms with Crippen LogP contribution in [0.25, 0.3) is 0 Å². The average Bonchev–Trinajstić information content (AvgIpc) is 2.02. The minimum absolute atomic E-state index is 0.0993. The standard InChI is InChI=1S/C10H11F2NO/c1-10(2,6-13-14)9-7(11)4-3-5-8(9)12/h3-6,14H,1-2H3. The maximum Gasteiger partial charge on any atom is 0.130 e. The van der Waals surface area contributed by atoms with Gasteiger partial charge in [0.1, 0.15) is 11.6 Å². The second-order valence-corrected chi connectivity index (χ2v) is 3.56. The summed E-state index contributed by atoms with van der Waals surface area (Å²) in [5.41, 5.74) is -1.07. The smallest absolute Gasteiger partial charge is 0.130 e. The van der Waals surface area contributed by atoms with E-state index < -0.39 is 17.0 Å². The van der Waals surface area contributed by atoms with Crippen LogP contribution >= 0.6 is 0 Å². The van der Waals surface area contributed by atoms with Crippen molar-refractivity contribution in [3.05, 3.63) is 35.4 Å². The summed E-state index contributed by atoms with van der Waals surface area (Å²) in [6, 6.07) is 3.64. The molecule has 0 fully saturated rings. The Morgan fingerprint density at radius 2 is 1.79 bits per heavy atom. The molecule has 1 N–H and O–H groups in total. The summed E-state index contributed by atoms with van der Waals surface area (Å²) in [5, 5.41) is 11.2. The normalized spacial score (nSPS) is 12.3. The fourth-order valence-corrected chi connectivity index (χ4v) is 1.32. The number of benzene rings is 1. The zero-order valence-corrected chi connectivity index (χ0v) is 7.96. The molecule has 0 saturated carbocycles. The first-order valence-electron chi connectivity index (χ1n) is 4.12. The maximum absolute atomic E-state index is 13.3. The summed E-state index contributed by atoms with van der Waals surface area (Å²) < 4.78 is 26.6. The molecular formula is C10H11F2NO. The molecule has 0 unspecified atom stereocenters. The second-order valence-electron chi connectivity index (χ2n) is 3.56. The average molecular weight is 199 g/mol. The van der Waals surface area contributed by atoms with Crippen molar-refractivity contribution in [2.75, 3.05) is 0 Å². The zero-order chi connectivity index (χ0) is 10.8. The van der Waals surface area contributed by atoms with Crippen molar-refractivity contribution < 1.29 is 14.0 Å². The molecule has 0 saturated heterocycles. The molecule has 0 aromatic heterocycles. The van der Waals surface area contributed by atoms with Gasteiger partial charge in [-0.1, -0.05) is 19.9 Å². The summed E-state index contributed by atoms with van der Waals surface area (Å²) in [5.74, 6) is -1.29. The number of halogens is 2. The van der Waals surface area contributed by atoms with Gasteiger partial charge in [-0.3, -0.25) is 0 Å². The van der Waals surface area contributed by atoms with Crippen LogP contribution in [-0.2, 0) is 5.41 Å². The zero-order valence-electron chi connectivity index (χ0n) is 7.96. The van der Waals surface area contributed by atoms with Gasteiger partial charge in [-0.15, -0.1) is 5.16 Å². The summed E-state index contributed by atoms with van der Waals surface area (Å²) in [4.78, 5) is 0. The highest BCUT2D eigenvalue weighted by atomic mass is 19.1. The molecule has 0 atom stereocenters. The topological polar surface area (TPSA) is 32.6 Å². The van der Waals surface area contributed by atoms with Crippen LogP contribution in [-0.4, -0.2) is 11.4 Å². The summed E-state index contributed by atoms with van der Waals surface area (Å²) in [6.45, 7) is 3.13. The lowest BCUT2D eigenvalue weighted by molar-refractivity contribution is 0.317. The van der Waals surface area contributed by atoms with E-state index in [0.717, 1.165) is 6.21 Å². The van der Waals surface area contributed by atoms with Gasteiger partial charge >= 0.3 is 0 Å². The third-order valence-corrected chi connectivity index (χ3v) is 1.99. The Kier molecular flexibility index (Phi) is 2.84. The fraction of sp³-hybridized carbons (Fsp3) is 0.300. The van der Waals surface area contributed by atoms with Gasteiger partial charge in [-0.25, -0.2) is 8.78 Å². The van der Waals surface area contributed by atoms with E-state index in [1.807, 2.05) is 0 Å². The number of nitrogens with zero attached hydrogens (tertiary/aromatic N) is 1. The van der Waals surface area contributed by atoms with Crippen LogP contribution in [0, 0.1) is 11.6 Å². The molecule has 0 aliphatic rings. The molecule has 1 aromatic carbocycles. The number of rotatable bonds is 2. The number of hydrogen-bond acceptors (Lipinski definition) is 2. The molecule has 0 aliphatic carbocycles. The Labute approximate surface area is 80.9 Å². The van der Waals surface area contributed by atoms with E-state index in [1.54, 1.807) is 13.8 Å². The monoisotopic (exact) mass is 199 g/mol. The first-order valence-corrected chi connectivity index (χ1v) is 4.12. The van der Waals surface area contributed by atoms with Gasteiger partial charge in [0.25, 0.3) is 0 Å². The Bertz CT molecular complexity index is 341. The molecule has 0 radical (unpaired) electrons. The number of oxime groups is 1. The van der Waals surface area contributed by atoms with Gasteiger partial charge < -0.3 is 5.21 Å². The maximum atomic E-state index is 13.3.